The first-order valence-electron chi connectivity index (χ1n) is 6.05. The molecule has 0 aromatic heterocycles. The first-order valence-corrected chi connectivity index (χ1v) is 6.87. The van der Waals surface area contributed by atoms with E-state index in [0.717, 1.165) is 10.6 Å². The SMILES string of the molecule is N#CC(Cl)c1ccc(C2CCCCC2)c(Cl)c1. The van der Waals surface area contributed by atoms with E-state index in [1.54, 1.807) is 0 Å². The van der Waals surface area contributed by atoms with E-state index in [9.17, 15) is 0 Å². The van der Waals surface area contributed by atoms with Crippen molar-refractivity contribution in [2.45, 2.75) is 43.4 Å². The summed E-state index contributed by atoms with van der Waals surface area (Å²) in [6.45, 7) is 0. The van der Waals surface area contributed by atoms with Crippen LogP contribution in [0.5, 0.6) is 0 Å². The van der Waals surface area contributed by atoms with Gasteiger partial charge in [-0.25, -0.2) is 0 Å². The lowest BCUT2D eigenvalue weighted by Crippen LogP contribution is -2.05. The van der Waals surface area contributed by atoms with Crippen LogP contribution in [0.15, 0.2) is 18.2 Å². The predicted molar refractivity (Wildman–Crippen MR) is 71.5 cm³/mol. The van der Waals surface area contributed by atoms with Gasteiger partial charge < -0.3 is 0 Å². The molecule has 2 rings (SSSR count). The standard InChI is InChI=1S/C14H15Cl2N/c15-13-8-11(14(16)9-17)6-7-12(13)10-4-2-1-3-5-10/h6-8,10,14H,1-5H2. The number of rotatable bonds is 2. The Labute approximate surface area is 112 Å². The van der Waals surface area contributed by atoms with Crippen molar-refractivity contribution in [2.75, 3.05) is 0 Å². The topological polar surface area (TPSA) is 23.8 Å². The van der Waals surface area contributed by atoms with Gasteiger partial charge in [0.1, 0.15) is 5.38 Å². The Morgan fingerprint density at radius 3 is 2.53 bits per heavy atom. The van der Waals surface area contributed by atoms with Crippen LogP contribution in [-0.4, -0.2) is 0 Å². The molecule has 0 aliphatic heterocycles. The van der Waals surface area contributed by atoms with Gasteiger partial charge in [0, 0.05) is 5.02 Å². The molecule has 1 aliphatic rings. The molecule has 0 spiro atoms. The summed E-state index contributed by atoms with van der Waals surface area (Å²) in [4.78, 5) is 0. The van der Waals surface area contributed by atoms with Crippen LogP contribution in [0.1, 0.15) is 54.5 Å². The minimum absolute atomic E-state index is 0.584. The van der Waals surface area contributed by atoms with Crippen LogP contribution in [0, 0.1) is 11.3 Å². The molecule has 1 atom stereocenters. The van der Waals surface area contributed by atoms with Crippen molar-refractivity contribution >= 4 is 23.2 Å². The highest BCUT2D eigenvalue weighted by molar-refractivity contribution is 6.31. The molecular formula is C14H15Cl2N. The van der Waals surface area contributed by atoms with Crippen LogP contribution in [0.3, 0.4) is 0 Å². The third-order valence-electron chi connectivity index (χ3n) is 3.48. The van der Waals surface area contributed by atoms with Crippen LogP contribution >= 0.6 is 23.2 Å². The molecule has 1 unspecified atom stereocenters. The molecule has 1 aromatic rings. The quantitative estimate of drug-likeness (QED) is 0.677. The number of benzene rings is 1. The maximum absolute atomic E-state index is 8.77. The Balaban J connectivity index is 2.22. The second kappa shape index (κ2) is 5.76. The van der Waals surface area contributed by atoms with E-state index < -0.39 is 5.38 Å². The van der Waals surface area contributed by atoms with Gasteiger partial charge in [0.25, 0.3) is 0 Å². The Morgan fingerprint density at radius 2 is 1.94 bits per heavy atom. The Hall–Kier alpha value is -0.710. The Kier molecular flexibility index (Phi) is 4.31. The van der Waals surface area contributed by atoms with Crippen molar-refractivity contribution in [3.05, 3.63) is 34.3 Å². The van der Waals surface area contributed by atoms with E-state index in [4.69, 9.17) is 28.5 Å². The summed E-state index contributed by atoms with van der Waals surface area (Å²) in [5.74, 6) is 0.584. The molecule has 0 N–H and O–H groups in total. The van der Waals surface area contributed by atoms with Gasteiger partial charge in [-0.3, -0.25) is 0 Å². The normalized spacial score (nSPS) is 18.6. The third-order valence-corrected chi connectivity index (χ3v) is 4.15. The summed E-state index contributed by atoms with van der Waals surface area (Å²) < 4.78 is 0. The minimum Gasteiger partial charge on any atom is -0.196 e. The summed E-state index contributed by atoms with van der Waals surface area (Å²) in [6.07, 6.45) is 6.37. The maximum atomic E-state index is 8.77. The molecule has 17 heavy (non-hydrogen) atoms. The lowest BCUT2D eigenvalue weighted by Gasteiger charge is -2.23. The fourth-order valence-electron chi connectivity index (χ4n) is 2.52. The number of nitriles is 1. The highest BCUT2D eigenvalue weighted by Gasteiger charge is 2.19. The van der Waals surface area contributed by atoms with Gasteiger partial charge in [-0.15, -0.1) is 11.6 Å². The van der Waals surface area contributed by atoms with E-state index in [-0.39, 0.29) is 0 Å². The lowest BCUT2D eigenvalue weighted by atomic mass is 9.84. The Bertz CT molecular complexity index is 430. The summed E-state index contributed by atoms with van der Waals surface area (Å²) in [5, 5.41) is 8.93. The lowest BCUT2D eigenvalue weighted by molar-refractivity contribution is 0.443. The van der Waals surface area contributed by atoms with Gasteiger partial charge in [0.05, 0.1) is 6.07 Å². The van der Waals surface area contributed by atoms with Gasteiger partial charge in [0.2, 0.25) is 0 Å². The van der Waals surface area contributed by atoms with Crippen LogP contribution < -0.4 is 0 Å². The molecule has 0 amide bonds. The third kappa shape index (κ3) is 2.94. The van der Waals surface area contributed by atoms with E-state index >= 15 is 0 Å². The summed E-state index contributed by atoms with van der Waals surface area (Å²) >= 11 is 12.2. The van der Waals surface area contributed by atoms with E-state index in [2.05, 4.69) is 0 Å². The number of alkyl halides is 1. The first kappa shape index (κ1) is 12.7. The van der Waals surface area contributed by atoms with E-state index in [0.29, 0.717) is 5.92 Å². The molecule has 1 aromatic carbocycles. The smallest absolute Gasteiger partial charge is 0.145 e. The molecule has 0 radical (unpaired) electrons. The van der Waals surface area contributed by atoms with Gasteiger partial charge in [-0.05, 0) is 36.0 Å². The number of hydrogen-bond donors (Lipinski definition) is 0. The van der Waals surface area contributed by atoms with Crippen LogP contribution in [0.4, 0.5) is 0 Å². The van der Waals surface area contributed by atoms with Gasteiger partial charge in [-0.1, -0.05) is 43.0 Å². The fourth-order valence-corrected chi connectivity index (χ4v) is 3.00. The predicted octanol–water partition coefficient (Wildman–Crippen LogP) is 5.19. The van der Waals surface area contributed by atoms with Gasteiger partial charge in [-0.2, -0.15) is 5.26 Å². The molecule has 3 heteroatoms. The molecule has 1 saturated carbocycles. The molecule has 0 bridgehead atoms. The highest BCUT2D eigenvalue weighted by atomic mass is 35.5. The van der Waals surface area contributed by atoms with Crippen molar-refractivity contribution in [3.63, 3.8) is 0 Å². The van der Waals surface area contributed by atoms with Crippen molar-refractivity contribution in [1.82, 2.24) is 0 Å². The largest absolute Gasteiger partial charge is 0.196 e. The molecule has 0 saturated heterocycles. The average Bonchev–Trinajstić information content (AvgIpc) is 2.38. The molecule has 0 heterocycles. The highest BCUT2D eigenvalue weighted by Crippen LogP contribution is 2.37. The van der Waals surface area contributed by atoms with Gasteiger partial charge in [0.15, 0.2) is 0 Å². The zero-order valence-electron chi connectivity index (χ0n) is 9.63. The monoisotopic (exact) mass is 267 g/mol. The van der Waals surface area contributed by atoms with Crippen molar-refractivity contribution < 1.29 is 0 Å². The first-order chi connectivity index (χ1) is 8.22. The minimum atomic E-state index is -0.604. The van der Waals surface area contributed by atoms with Crippen LogP contribution in [0.25, 0.3) is 0 Å². The van der Waals surface area contributed by atoms with E-state index in [1.165, 1.54) is 37.7 Å². The average molecular weight is 268 g/mol. The summed E-state index contributed by atoms with van der Waals surface area (Å²) in [5.41, 5.74) is 2.01. The number of nitrogens with zero attached hydrogens (tertiary/aromatic N) is 1. The van der Waals surface area contributed by atoms with Crippen molar-refractivity contribution in [2.24, 2.45) is 0 Å². The molecule has 1 nitrogen and oxygen atoms in total. The summed E-state index contributed by atoms with van der Waals surface area (Å²) in [6, 6.07) is 7.82. The number of hydrogen-bond acceptors (Lipinski definition) is 1. The number of halogens is 2. The second-order valence-electron chi connectivity index (χ2n) is 4.61. The van der Waals surface area contributed by atoms with Crippen molar-refractivity contribution in [1.29, 1.82) is 5.26 Å². The zero-order valence-corrected chi connectivity index (χ0v) is 11.1. The molecule has 1 fully saturated rings. The van der Waals surface area contributed by atoms with Crippen molar-refractivity contribution in [3.8, 4) is 6.07 Å². The molecular weight excluding hydrogens is 253 g/mol. The van der Waals surface area contributed by atoms with E-state index in [1.807, 2.05) is 24.3 Å². The second-order valence-corrected chi connectivity index (χ2v) is 5.45. The van der Waals surface area contributed by atoms with Crippen LogP contribution in [-0.2, 0) is 0 Å². The maximum Gasteiger partial charge on any atom is 0.145 e. The molecule has 90 valence electrons. The van der Waals surface area contributed by atoms with Gasteiger partial charge >= 0.3 is 0 Å². The van der Waals surface area contributed by atoms with Crippen LogP contribution in [0.2, 0.25) is 5.02 Å². The fraction of sp³-hybridized carbons (Fsp3) is 0.500. The zero-order chi connectivity index (χ0) is 12.3. The molecule has 1 aliphatic carbocycles. The summed E-state index contributed by atoms with van der Waals surface area (Å²) in [7, 11) is 0. The Morgan fingerprint density at radius 1 is 1.24 bits per heavy atom.